The molecule has 1 aromatic carbocycles. The molecule has 0 aliphatic heterocycles. The second-order valence-electron chi connectivity index (χ2n) is 5.49. The molecule has 134 valence electrons. The number of rotatable bonds is 7. The molecule has 3 aromatic rings. The second kappa shape index (κ2) is 8.73. The maximum atomic E-state index is 12.0. The van der Waals surface area contributed by atoms with E-state index < -0.39 is 0 Å². The third-order valence-corrected chi connectivity index (χ3v) is 4.60. The predicted octanol–water partition coefficient (Wildman–Crippen LogP) is 3.17. The van der Waals surface area contributed by atoms with Gasteiger partial charge in [-0.2, -0.15) is 0 Å². The average Bonchev–Trinajstić information content (AvgIpc) is 3.11. The summed E-state index contributed by atoms with van der Waals surface area (Å²) in [6.45, 7) is 0.297. The Kier molecular flexibility index (Phi) is 6.14. The number of halogens is 1. The molecule has 0 saturated heterocycles. The van der Waals surface area contributed by atoms with E-state index >= 15 is 0 Å². The van der Waals surface area contributed by atoms with Crippen LogP contribution in [0, 0.1) is 0 Å². The number of nitrogens with one attached hydrogen (secondary N) is 2. The van der Waals surface area contributed by atoms with Crippen LogP contribution in [0.4, 0.5) is 0 Å². The fourth-order valence-electron chi connectivity index (χ4n) is 2.25. The Bertz CT molecular complexity index is 941. The highest BCUT2D eigenvalue weighted by Gasteiger charge is 2.09. The smallest absolute Gasteiger partial charge is 0.251 e. The minimum atomic E-state index is -0.289. The molecular weight excluding hydrogens is 374 g/mol. The fourth-order valence-corrected chi connectivity index (χ4v) is 3.30. The summed E-state index contributed by atoms with van der Waals surface area (Å²) in [5.74, 6) is 1.04. The van der Waals surface area contributed by atoms with Gasteiger partial charge in [-0.3, -0.25) is 9.59 Å². The van der Waals surface area contributed by atoms with Gasteiger partial charge in [-0.25, -0.2) is 4.98 Å². The van der Waals surface area contributed by atoms with Crippen molar-refractivity contribution in [1.29, 1.82) is 0 Å². The van der Waals surface area contributed by atoms with Crippen molar-refractivity contribution in [3.05, 3.63) is 81.1 Å². The van der Waals surface area contributed by atoms with Crippen molar-refractivity contribution in [2.24, 2.45) is 0 Å². The molecule has 8 heteroatoms. The van der Waals surface area contributed by atoms with Gasteiger partial charge in [0.1, 0.15) is 5.76 Å². The SMILES string of the molecule is O=C(Cc1cc(=O)[nH]c(SCc2cccc(Cl)c2)n1)NCc1ccco1. The van der Waals surface area contributed by atoms with E-state index in [9.17, 15) is 9.59 Å². The van der Waals surface area contributed by atoms with Gasteiger partial charge < -0.3 is 14.7 Å². The molecule has 0 spiro atoms. The minimum absolute atomic E-state index is 0.0232. The Morgan fingerprint density at radius 1 is 1.27 bits per heavy atom. The van der Waals surface area contributed by atoms with E-state index in [0.29, 0.717) is 33.9 Å². The van der Waals surface area contributed by atoms with Gasteiger partial charge in [0.05, 0.1) is 24.9 Å². The van der Waals surface area contributed by atoms with E-state index in [1.54, 1.807) is 24.5 Å². The van der Waals surface area contributed by atoms with Crippen LogP contribution in [0.25, 0.3) is 0 Å². The van der Waals surface area contributed by atoms with Crippen LogP contribution in [0.3, 0.4) is 0 Å². The molecule has 6 nitrogen and oxygen atoms in total. The number of benzene rings is 1. The first-order valence-corrected chi connectivity index (χ1v) is 9.21. The summed E-state index contributed by atoms with van der Waals surface area (Å²) >= 11 is 7.34. The molecular formula is C18H16ClN3O3S. The van der Waals surface area contributed by atoms with Crippen LogP contribution in [0.15, 0.2) is 63.1 Å². The molecule has 2 N–H and O–H groups in total. The molecule has 0 unspecified atom stereocenters. The first kappa shape index (κ1) is 18.3. The van der Waals surface area contributed by atoms with Crippen molar-refractivity contribution in [3.63, 3.8) is 0 Å². The Balaban J connectivity index is 1.59. The van der Waals surface area contributed by atoms with Crippen molar-refractivity contribution in [3.8, 4) is 0 Å². The lowest BCUT2D eigenvalue weighted by Gasteiger charge is -2.06. The zero-order valence-corrected chi connectivity index (χ0v) is 15.3. The van der Waals surface area contributed by atoms with E-state index in [1.165, 1.54) is 17.8 Å². The predicted molar refractivity (Wildman–Crippen MR) is 100 cm³/mol. The monoisotopic (exact) mass is 389 g/mol. The van der Waals surface area contributed by atoms with Gasteiger partial charge in [0.2, 0.25) is 5.91 Å². The van der Waals surface area contributed by atoms with E-state index in [4.69, 9.17) is 16.0 Å². The quantitative estimate of drug-likeness (QED) is 0.478. The van der Waals surface area contributed by atoms with Gasteiger partial charge in [0.25, 0.3) is 5.56 Å². The van der Waals surface area contributed by atoms with Gasteiger partial charge in [0, 0.05) is 16.8 Å². The topological polar surface area (TPSA) is 88.0 Å². The van der Waals surface area contributed by atoms with E-state index in [0.717, 1.165) is 5.56 Å². The number of H-pyrrole nitrogens is 1. The van der Waals surface area contributed by atoms with Gasteiger partial charge in [-0.15, -0.1) is 0 Å². The zero-order chi connectivity index (χ0) is 18.4. The van der Waals surface area contributed by atoms with Crippen molar-refractivity contribution in [2.45, 2.75) is 23.9 Å². The van der Waals surface area contributed by atoms with Crippen LogP contribution < -0.4 is 10.9 Å². The first-order valence-electron chi connectivity index (χ1n) is 7.85. The van der Waals surface area contributed by atoms with E-state index in [1.807, 2.05) is 18.2 Å². The summed E-state index contributed by atoms with van der Waals surface area (Å²) in [6, 6.07) is 12.3. The molecule has 0 aliphatic rings. The van der Waals surface area contributed by atoms with Crippen LogP contribution >= 0.6 is 23.4 Å². The summed E-state index contributed by atoms with van der Waals surface area (Å²) in [6.07, 6.45) is 1.57. The second-order valence-corrected chi connectivity index (χ2v) is 6.89. The number of aromatic amines is 1. The van der Waals surface area contributed by atoms with E-state index in [2.05, 4.69) is 15.3 Å². The van der Waals surface area contributed by atoms with Crippen molar-refractivity contribution < 1.29 is 9.21 Å². The standard InChI is InChI=1S/C18H16ClN3O3S/c19-13-4-1-3-12(7-13)11-26-18-21-14(9-17(24)22-18)8-16(23)20-10-15-5-2-6-25-15/h1-7,9H,8,10-11H2,(H,20,23)(H,21,22,24). The molecule has 0 fully saturated rings. The minimum Gasteiger partial charge on any atom is -0.467 e. The summed E-state index contributed by atoms with van der Waals surface area (Å²) < 4.78 is 5.16. The number of furan rings is 1. The third-order valence-electron chi connectivity index (χ3n) is 3.42. The third kappa shape index (κ3) is 5.50. The molecule has 0 saturated carbocycles. The number of carbonyl (C=O) groups excluding carboxylic acids is 1. The number of hydrogen-bond donors (Lipinski definition) is 2. The van der Waals surface area contributed by atoms with Crippen molar-refractivity contribution >= 4 is 29.3 Å². The molecule has 0 radical (unpaired) electrons. The molecule has 1 amide bonds. The van der Waals surface area contributed by atoms with Crippen LogP contribution in [0.2, 0.25) is 5.02 Å². The van der Waals surface area contributed by atoms with Crippen molar-refractivity contribution in [1.82, 2.24) is 15.3 Å². The first-order chi connectivity index (χ1) is 12.6. The lowest BCUT2D eigenvalue weighted by molar-refractivity contribution is -0.120. The Morgan fingerprint density at radius 3 is 2.92 bits per heavy atom. The van der Waals surface area contributed by atoms with Crippen molar-refractivity contribution in [2.75, 3.05) is 0 Å². The Hall–Kier alpha value is -2.51. The maximum Gasteiger partial charge on any atom is 0.251 e. The normalized spacial score (nSPS) is 10.7. The lowest BCUT2D eigenvalue weighted by Crippen LogP contribution is -2.25. The molecule has 26 heavy (non-hydrogen) atoms. The van der Waals surface area contributed by atoms with Gasteiger partial charge >= 0.3 is 0 Å². The maximum absolute atomic E-state index is 12.0. The summed E-state index contributed by atoms with van der Waals surface area (Å²) in [5.41, 5.74) is 1.15. The highest BCUT2D eigenvalue weighted by atomic mass is 35.5. The fraction of sp³-hybridized carbons (Fsp3) is 0.167. The van der Waals surface area contributed by atoms with Gasteiger partial charge in [-0.1, -0.05) is 35.5 Å². The van der Waals surface area contributed by atoms with Gasteiger partial charge in [-0.05, 0) is 29.8 Å². The molecule has 3 rings (SSSR count). The van der Waals surface area contributed by atoms with Gasteiger partial charge in [0.15, 0.2) is 5.16 Å². The molecule has 0 aliphatic carbocycles. The van der Waals surface area contributed by atoms with Crippen LogP contribution in [-0.2, 0) is 23.5 Å². The number of nitrogens with zero attached hydrogens (tertiary/aromatic N) is 1. The summed E-state index contributed by atoms with van der Waals surface area (Å²) in [7, 11) is 0. The number of aromatic nitrogens is 2. The molecule has 2 aromatic heterocycles. The Morgan fingerprint density at radius 2 is 2.15 bits per heavy atom. The largest absolute Gasteiger partial charge is 0.467 e. The molecule has 2 heterocycles. The molecule has 0 bridgehead atoms. The molecule has 0 atom stereocenters. The number of carbonyl (C=O) groups is 1. The highest BCUT2D eigenvalue weighted by Crippen LogP contribution is 2.20. The highest BCUT2D eigenvalue weighted by molar-refractivity contribution is 7.98. The van der Waals surface area contributed by atoms with Crippen LogP contribution in [0.5, 0.6) is 0 Å². The summed E-state index contributed by atoms with van der Waals surface area (Å²) in [4.78, 5) is 30.9. The number of amides is 1. The average molecular weight is 390 g/mol. The van der Waals surface area contributed by atoms with E-state index in [-0.39, 0.29) is 17.9 Å². The zero-order valence-electron chi connectivity index (χ0n) is 13.7. The van der Waals surface area contributed by atoms with Crippen LogP contribution in [-0.4, -0.2) is 15.9 Å². The lowest BCUT2D eigenvalue weighted by atomic mass is 10.2. The van der Waals surface area contributed by atoms with Crippen LogP contribution in [0.1, 0.15) is 17.0 Å². The number of thioether (sulfide) groups is 1. The number of hydrogen-bond acceptors (Lipinski definition) is 5. The Labute approximate surface area is 159 Å². The summed E-state index contributed by atoms with van der Waals surface area (Å²) in [5, 5.41) is 3.85.